The monoisotopic (exact) mass is 512 g/mol. The number of hydrogen-bond donors (Lipinski definition) is 2. The van der Waals surface area contributed by atoms with Crippen LogP contribution in [0.15, 0.2) is 90.3 Å². The van der Waals surface area contributed by atoms with Crippen molar-refractivity contribution in [2.24, 2.45) is 0 Å². The minimum Gasteiger partial charge on any atom is -0.486 e. The lowest BCUT2D eigenvalue weighted by Gasteiger charge is -2.28. The molecular formula is C30H28N2O4S. The molecule has 3 aromatic carbocycles. The van der Waals surface area contributed by atoms with Crippen LogP contribution in [0.2, 0.25) is 0 Å². The Bertz CT molecular complexity index is 1350. The van der Waals surface area contributed by atoms with E-state index >= 15 is 0 Å². The lowest BCUT2D eigenvalue weighted by Crippen LogP contribution is -2.39. The molecule has 0 radical (unpaired) electrons. The molecule has 188 valence electrons. The molecule has 2 atom stereocenters. The molecule has 0 bridgehead atoms. The van der Waals surface area contributed by atoms with Gasteiger partial charge in [0.15, 0.2) is 11.5 Å². The summed E-state index contributed by atoms with van der Waals surface area (Å²) < 4.78 is 11.3. The second kappa shape index (κ2) is 11.3. The van der Waals surface area contributed by atoms with Crippen molar-refractivity contribution in [3.05, 3.63) is 117 Å². The molecule has 2 amide bonds. The number of hydrogen-bond acceptors (Lipinski definition) is 5. The summed E-state index contributed by atoms with van der Waals surface area (Å²) >= 11 is 1.51. The lowest BCUT2D eigenvalue weighted by molar-refractivity contribution is -0.123. The van der Waals surface area contributed by atoms with E-state index in [1.165, 1.54) is 11.3 Å². The zero-order valence-electron chi connectivity index (χ0n) is 20.5. The van der Waals surface area contributed by atoms with Gasteiger partial charge in [0, 0.05) is 17.0 Å². The van der Waals surface area contributed by atoms with Crippen molar-refractivity contribution in [1.82, 2.24) is 10.6 Å². The van der Waals surface area contributed by atoms with E-state index in [0.717, 1.165) is 21.6 Å². The van der Waals surface area contributed by atoms with E-state index < -0.39 is 12.0 Å². The number of ether oxygens (including phenoxy) is 2. The van der Waals surface area contributed by atoms with Gasteiger partial charge in [-0.1, -0.05) is 66.2 Å². The molecule has 5 rings (SSSR count). The van der Waals surface area contributed by atoms with Crippen LogP contribution in [0.4, 0.5) is 0 Å². The first kappa shape index (κ1) is 24.6. The van der Waals surface area contributed by atoms with E-state index in [-0.39, 0.29) is 11.8 Å². The highest BCUT2D eigenvalue weighted by Gasteiger charge is 2.33. The van der Waals surface area contributed by atoms with E-state index in [1.807, 2.05) is 79.0 Å². The molecule has 2 N–H and O–H groups in total. The van der Waals surface area contributed by atoms with Crippen molar-refractivity contribution >= 4 is 23.2 Å². The van der Waals surface area contributed by atoms with Gasteiger partial charge in [0.2, 0.25) is 5.91 Å². The molecule has 37 heavy (non-hydrogen) atoms. The van der Waals surface area contributed by atoms with Gasteiger partial charge >= 0.3 is 0 Å². The third-order valence-electron chi connectivity index (χ3n) is 6.30. The van der Waals surface area contributed by atoms with E-state index in [0.29, 0.717) is 36.8 Å². The number of thiophene rings is 1. The number of carbonyl (C=O) groups is 2. The van der Waals surface area contributed by atoms with Crippen LogP contribution in [0.3, 0.4) is 0 Å². The van der Waals surface area contributed by atoms with Crippen LogP contribution in [0.5, 0.6) is 11.5 Å². The average Bonchev–Trinajstić information content (AvgIpc) is 3.48. The molecule has 1 aliphatic heterocycles. The summed E-state index contributed by atoms with van der Waals surface area (Å²) in [7, 11) is 0. The highest BCUT2D eigenvalue weighted by Crippen LogP contribution is 2.35. The summed E-state index contributed by atoms with van der Waals surface area (Å²) in [5.74, 6) is 0.0822. The Labute approximate surface area is 220 Å². The molecular weight excluding hydrogens is 484 g/mol. The molecule has 1 aliphatic rings. The van der Waals surface area contributed by atoms with Crippen molar-refractivity contribution < 1.29 is 19.1 Å². The SMILES string of the molecule is Cc1ccc(C(C(=O)NCc2ccccc2)C(NC(=O)c2ccc3c(c2)OCCO3)c2cccs2)cc1. The maximum absolute atomic E-state index is 13.8. The highest BCUT2D eigenvalue weighted by atomic mass is 32.1. The van der Waals surface area contributed by atoms with E-state index in [1.54, 1.807) is 18.2 Å². The molecule has 0 saturated heterocycles. The Kier molecular flexibility index (Phi) is 7.51. The van der Waals surface area contributed by atoms with Gasteiger partial charge in [-0.05, 0) is 47.7 Å². The number of aryl methyl sites for hydroxylation is 1. The summed E-state index contributed by atoms with van der Waals surface area (Å²) in [4.78, 5) is 28.1. The van der Waals surface area contributed by atoms with Gasteiger partial charge in [0.05, 0.1) is 12.0 Å². The van der Waals surface area contributed by atoms with Crippen LogP contribution in [0.25, 0.3) is 0 Å². The minimum absolute atomic E-state index is 0.159. The Hall–Kier alpha value is -4.10. The fraction of sp³-hybridized carbons (Fsp3) is 0.200. The summed E-state index contributed by atoms with van der Waals surface area (Å²) in [6.45, 7) is 3.33. The molecule has 4 aromatic rings. The smallest absolute Gasteiger partial charge is 0.251 e. The molecule has 0 aliphatic carbocycles. The van der Waals surface area contributed by atoms with Gasteiger partial charge in [-0.25, -0.2) is 0 Å². The van der Waals surface area contributed by atoms with Gasteiger partial charge in [0.25, 0.3) is 5.91 Å². The molecule has 0 fully saturated rings. The van der Waals surface area contributed by atoms with Crippen molar-refractivity contribution in [1.29, 1.82) is 0 Å². The van der Waals surface area contributed by atoms with Crippen molar-refractivity contribution in [3.63, 3.8) is 0 Å². The Balaban J connectivity index is 1.46. The fourth-order valence-electron chi connectivity index (χ4n) is 4.36. The van der Waals surface area contributed by atoms with Crippen LogP contribution in [0.1, 0.15) is 43.9 Å². The first-order chi connectivity index (χ1) is 18.1. The quantitative estimate of drug-likeness (QED) is 0.332. The first-order valence-electron chi connectivity index (χ1n) is 12.2. The second-order valence-corrected chi connectivity index (χ2v) is 9.90. The first-order valence-corrected chi connectivity index (χ1v) is 13.1. The number of amides is 2. The fourth-order valence-corrected chi connectivity index (χ4v) is 5.17. The van der Waals surface area contributed by atoms with Gasteiger partial charge in [-0.15, -0.1) is 11.3 Å². The van der Waals surface area contributed by atoms with Crippen LogP contribution >= 0.6 is 11.3 Å². The van der Waals surface area contributed by atoms with E-state index in [9.17, 15) is 9.59 Å². The van der Waals surface area contributed by atoms with Crippen LogP contribution in [-0.2, 0) is 11.3 Å². The third kappa shape index (κ3) is 5.84. The van der Waals surface area contributed by atoms with Crippen molar-refractivity contribution in [2.75, 3.05) is 13.2 Å². The van der Waals surface area contributed by atoms with Gasteiger partial charge in [-0.2, -0.15) is 0 Å². The highest BCUT2D eigenvalue weighted by molar-refractivity contribution is 7.10. The maximum atomic E-state index is 13.8. The second-order valence-electron chi connectivity index (χ2n) is 8.92. The summed E-state index contributed by atoms with van der Waals surface area (Å²) in [5, 5.41) is 8.19. The predicted molar refractivity (Wildman–Crippen MR) is 144 cm³/mol. The Morgan fingerprint density at radius 1 is 0.892 bits per heavy atom. The Morgan fingerprint density at radius 2 is 1.65 bits per heavy atom. The average molecular weight is 513 g/mol. The van der Waals surface area contributed by atoms with E-state index in [4.69, 9.17) is 9.47 Å². The molecule has 2 heterocycles. The van der Waals surface area contributed by atoms with Crippen LogP contribution in [-0.4, -0.2) is 25.0 Å². The zero-order chi connectivity index (χ0) is 25.6. The number of rotatable bonds is 8. The topological polar surface area (TPSA) is 76.7 Å². The van der Waals surface area contributed by atoms with Crippen molar-refractivity contribution in [2.45, 2.75) is 25.4 Å². The predicted octanol–water partition coefficient (Wildman–Crippen LogP) is 5.40. The minimum atomic E-state index is -0.635. The summed E-state index contributed by atoms with van der Waals surface area (Å²) in [6.07, 6.45) is 0. The third-order valence-corrected chi connectivity index (χ3v) is 7.26. The number of nitrogens with one attached hydrogen (secondary N) is 2. The molecule has 6 nitrogen and oxygen atoms in total. The molecule has 0 saturated carbocycles. The summed E-state index contributed by atoms with van der Waals surface area (Å²) in [6, 6.07) is 26.1. The normalized spacial score (nSPS) is 13.9. The molecule has 7 heteroatoms. The maximum Gasteiger partial charge on any atom is 0.251 e. The number of benzene rings is 3. The number of carbonyl (C=O) groups excluding carboxylic acids is 2. The van der Waals surface area contributed by atoms with Crippen LogP contribution in [0, 0.1) is 6.92 Å². The van der Waals surface area contributed by atoms with E-state index in [2.05, 4.69) is 10.6 Å². The molecule has 1 aromatic heterocycles. The van der Waals surface area contributed by atoms with Crippen molar-refractivity contribution in [3.8, 4) is 11.5 Å². The van der Waals surface area contributed by atoms with Gasteiger partial charge in [0.1, 0.15) is 13.2 Å². The lowest BCUT2D eigenvalue weighted by atomic mass is 9.88. The van der Waals surface area contributed by atoms with Gasteiger partial charge in [-0.3, -0.25) is 9.59 Å². The Morgan fingerprint density at radius 3 is 2.38 bits per heavy atom. The van der Waals surface area contributed by atoms with Crippen LogP contribution < -0.4 is 20.1 Å². The number of fused-ring (bicyclic) bond motifs is 1. The zero-order valence-corrected chi connectivity index (χ0v) is 21.3. The molecule has 0 spiro atoms. The standard InChI is InChI=1S/C30H28N2O4S/c1-20-9-11-22(12-10-20)27(30(34)31-19-21-6-3-2-4-7-21)28(26-8-5-17-37-26)32-29(33)23-13-14-24-25(18-23)36-16-15-35-24/h2-14,17-18,27-28H,15-16,19H2,1H3,(H,31,34)(H,32,33). The largest absolute Gasteiger partial charge is 0.486 e. The molecule has 2 unspecified atom stereocenters. The van der Waals surface area contributed by atoms with Gasteiger partial charge < -0.3 is 20.1 Å². The summed E-state index contributed by atoms with van der Waals surface area (Å²) in [5.41, 5.74) is 3.38.